The molecule has 2 saturated heterocycles. The molecule has 84 heavy (non-hydrogen) atoms. The molecule has 0 bridgehead atoms. The van der Waals surface area contributed by atoms with Gasteiger partial charge in [0.1, 0.15) is 48.8 Å². The Kier molecular flexibility index (Phi) is 49.6. The lowest BCUT2D eigenvalue weighted by atomic mass is 9.97. The second-order valence-electron chi connectivity index (χ2n) is 23.2. The Morgan fingerprint density at radius 2 is 0.833 bits per heavy atom. The fourth-order valence-electron chi connectivity index (χ4n) is 10.4. The van der Waals surface area contributed by atoms with Crippen LogP contribution in [0.1, 0.15) is 245 Å². The second kappa shape index (κ2) is 54.1. The number of aliphatic hydroxyl groups is 8. The molecular weight excluding hydrogens is 1060 g/mol. The molecule has 484 valence electrons. The van der Waals surface area contributed by atoms with Gasteiger partial charge in [-0.2, -0.15) is 0 Å². The molecule has 12 atom stereocenters. The number of amides is 1. The lowest BCUT2D eigenvalue weighted by molar-refractivity contribution is -0.359. The largest absolute Gasteiger partial charge is 0.394 e. The molecule has 2 aliphatic rings. The van der Waals surface area contributed by atoms with Gasteiger partial charge in [0.25, 0.3) is 0 Å². The van der Waals surface area contributed by atoms with Gasteiger partial charge in [-0.3, -0.25) is 4.79 Å². The van der Waals surface area contributed by atoms with Crippen molar-refractivity contribution in [3.8, 4) is 0 Å². The third-order valence-electron chi connectivity index (χ3n) is 15.7. The highest BCUT2D eigenvalue weighted by Gasteiger charge is 2.51. The molecule has 0 aromatic carbocycles. The minimum Gasteiger partial charge on any atom is -0.394 e. The number of carbonyl (C=O) groups is 1. The van der Waals surface area contributed by atoms with Crippen molar-refractivity contribution < 1.29 is 64.6 Å². The quantitative estimate of drug-likeness (QED) is 0.0204. The van der Waals surface area contributed by atoms with Crippen LogP contribution in [0, 0.1) is 0 Å². The first kappa shape index (κ1) is 77.0. The van der Waals surface area contributed by atoms with Gasteiger partial charge in [0.05, 0.1) is 32.0 Å². The Hall–Kier alpha value is -3.09. The molecule has 1 amide bonds. The van der Waals surface area contributed by atoms with E-state index in [4.69, 9.17) is 18.9 Å². The summed E-state index contributed by atoms with van der Waals surface area (Å²) in [5.41, 5.74) is 0. The molecule has 0 radical (unpaired) electrons. The number of ether oxygens (including phenoxy) is 4. The molecule has 12 unspecified atom stereocenters. The van der Waals surface area contributed by atoms with Crippen molar-refractivity contribution in [2.24, 2.45) is 0 Å². The number of carbonyl (C=O) groups excluding carboxylic acids is 1. The highest BCUT2D eigenvalue weighted by Crippen LogP contribution is 2.30. The number of hydrogen-bond donors (Lipinski definition) is 9. The van der Waals surface area contributed by atoms with Crippen molar-refractivity contribution in [2.45, 2.75) is 319 Å². The number of allylic oxidation sites excluding steroid dienone is 15. The third kappa shape index (κ3) is 38.2. The molecule has 9 N–H and O–H groups in total. The Morgan fingerprint density at radius 3 is 1.31 bits per heavy atom. The Morgan fingerprint density at radius 1 is 0.440 bits per heavy atom. The van der Waals surface area contributed by atoms with Crippen molar-refractivity contribution in [1.29, 1.82) is 0 Å². The fraction of sp³-hybridized carbons (Fsp3) is 0.757. The number of unbranched alkanes of at least 4 members (excludes halogenated alkanes) is 26. The van der Waals surface area contributed by atoms with Crippen LogP contribution in [-0.4, -0.2) is 140 Å². The average Bonchev–Trinajstić information content (AvgIpc) is 3.18. The van der Waals surface area contributed by atoms with Crippen LogP contribution >= 0.6 is 0 Å². The molecule has 2 heterocycles. The van der Waals surface area contributed by atoms with Crippen LogP contribution < -0.4 is 5.32 Å². The smallest absolute Gasteiger partial charge is 0.220 e. The van der Waals surface area contributed by atoms with Crippen LogP contribution in [0.5, 0.6) is 0 Å². The van der Waals surface area contributed by atoms with Crippen LogP contribution in [-0.2, 0) is 23.7 Å². The summed E-state index contributed by atoms with van der Waals surface area (Å²) in [4.78, 5) is 13.3. The first-order valence-electron chi connectivity index (χ1n) is 33.5. The zero-order valence-corrected chi connectivity index (χ0v) is 52.4. The maximum Gasteiger partial charge on any atom is 0.220 e. The van der Waals surface area contributed by atoms with Gasteiger partial charge in [0.15, 0.2) is 12.6 Å². The number of nitrogens with one attached hydrogen (secondary N) is 1. The fourth-order valence-corrected chi connectivity index (χ4v) is 10.4. The van der Waals surface area contributed by atoms with Gasteiger partial charge < -0.3 is 65.1 Å². The molecular formula is C70H121NO13. The van der Waals surface area contributed by atoms with Crippen LogP contribution in [0.25, 0.3) is 0 Å². The maximum atomic E-state index is 13.3. The average molecular weight is 1180 g/mol. The highest BCUT2D eigenvalue weighted by molar-refractivity contribution is 5.76. The van der Waals surface area contributed by atoms with Gasteiger partial charge in [-0.15, -0.1) is 0 Å². The van der Waals surface area contributed by atoms with Gasteiger partial charge in [0.2, 0.25) is 5.91 Å². The summed E-state index contributed by atoms with van der Waals surface area (Å²) in [6.07, 6.45) is 58.8. The predicted molar refractivity (Wildman–Crippen MR) is 341 cm³/mol. The highest BCUT2D eigenvalue weighted by atomic mass is 16.7. The van der Waals surface area contributed by atoms with Crippen LogP contribution in [0.4, 0.5) is 0 Å². The summed E-state index contributed by atoms with van der Waals surface area (Å²) in [6, 6.07) is -0.952. The lowest BCUT2D eigenvalue weighted by Gasteiger charge is -2.46. The molecule has 14 nitrogen and oxygen atoms in total. The second-order valence-corrected chi connectivity index (χ2v) is 23.2. The topological polar surface area (TPSA) is 228 Å². The van der Waals surface area contributed by atoms with Crippen LogP contribution in [0.2, 0.25) is 0 Å². The SMILES string of the molecule is CC/C=C\C/C=C\C/C=C\C/C=C\C/C=C\CCCCCCCCCC(=O)NC(COC1OC(CO)C(OC2OC(CO)C(O)C(O)C2O)C(O)C1O)C(O)/C=C/CC/C=C/CC/C=C/CCCCCCCCCCCCCCCCCCC. The van der Waals surface area contributed by atoms with E-state index in [2.05, 4.69) is 104 Å². The van der Waals surface area contributed by atoms with E-state index < -0.39 is 86.8 Å². The summed E-state index contributed by atoms with van der Waals surface area (Å²) in [5.74, 6) is -0.267. The Balaban J connectivity index is 1.75. The zero-order valence-electron chi connectivity index (χ0n) is 52.4. The van der Waals surface area contributed by atoms with E-state index in [9.17, 15) is 45.6 Å². The van der Waals surface area contributed by atoms with Gasteiger partial charge in [0, 0.05) is 6.42 Å². The van der Waals surface area contributed by atoms with E-state index in [1.54, 1.807) is 6.08 Å². The van der Waals surface area contributed by atoms with E-state index in [0.29, 0.717) is 12.8 Å². The van der Waals surface area contributed by atoms with E-state index in [1.807, 2.05) is 6.08 Å². The van der Waals surface area contributed by atoms with Crippen molar-refractivity contribution in [2.75, 3.05) is 19.8 Å². The Labute approximate surface area is 509 Å². The predicted octanol–water partition coefficient (Wildman–Crippen LogP) is 13.0. The van der Waals surface area contributed by atoms with Crippen molar-refractivity contribution in [3.05, 3.63) is 97.2 Å². The van der Waals surface area contributed by atoms with Crippen molar-refractivity contribution in [3.63, 3.8) is 0 Å². The van der Waals surface area contributed by atoms with Crippen molar-refractivity contribution in [1.82, 2.24) is 5.32 Å². The molecule has 2 aliphatic heterocycles. The van der Waals surface area contributed by atoms with Crippen LogP contribution in [0.3, 0.4) is 0 Å². The first-order chi connectivity index (χ1) is 41.1. The molecule has 14 heteroatoms. The van der Waals surface area contributed by atoms with Crippen LogP contribution in [0.15, 0.2) is 97.2 Å². The first-order valence-corrected chi connectivity index (χ1v) is 33.5. The minimum absolute atomic E-state index is 0.251. The summed E-state index contributed by atoms with van der Waals surface area (Å²) < 4.78 is 22.8. The molecule has 2 fully saturated rings. The van der Waals surface area contributed by atoms with E-state index >= 15 is 0 Å². The van der Waals surface area contributed by atoms with Gasteiger partial charge in [-0.25, -0.2) is 0 Å². The summed E-state index contributed by atoms with van der Waals surface area (Å²) in [6.45, 7) is 2.66. The molecule has 0 aromatic heterocycles. The number of aliphatic hydroxyl groups excluding tert-OH is 8. The standard InChI is InChI=1S/C70H121NO13/c1-3-5-7-9-11-13-15-17-19-21-23-25-27-28-29-30-32-33-35-37-39-41-43-45-47-49-51-53-59(74)58(57-81-69-67(80)65(78)68(61(56-73)83-69)84-70-66(79)64(77)63(76)60(55-72)82-70)71-62(75)54-52-50-48-46-44-42-40-38-36-34-31-26-24-22-20-18-16-14-12-10-8-6-4-2/h6,8,12,14,18,20,24,26,34-37,43,45,51,53,58-61,63-70,72-74,76-80H,3-5,7,9-11,13,15-17,19,21-23,25,27-33,38-42,44,46-50,52,54-57H2,1-2H3,(H,71,75)/b8-6-,14-12-,20-18-,26-24-,36-34-,37-35+,45-43+,53-51+. The van der Waals surface area contributed by atoms with Crippen molar-refractivity contribution >= 4 is 5.91 Å². The number of rotatable bonds is 53. The molecule has 0 aliphatic carbocycles. The molecule has 2 rings (SSSR count). The van der Waals surface area contributed by atoms with E-state index in [1.165, 1.54) is 109 Å². The molecule has 0 saturated carbocycles. The monoisotopic (exact) mass is 1180 g/mol. The molecule has 0 spiro atoms. The summed E-state index contributed by atoms with van der Waals surface area (Å²) in [5, 5.41) is 87.3. The van der Waals surface area contributed by atoms with Gasteiger partial charge >= 0.3 is 0 Å². The van der Waals surface area contributed by atoms with E-state index in [0.717, 1.165) is 103 Å². The van der Waals surface area contributed by atoms with Gasteiger partial charge in [-0.1, -0.05) is 246 Å². The number of hydrogen-bond acceptors (Lipinski definition) is 13. The zero-order chi connectivity index (χ0) is 60.9. The van der Waals surface area contributed by atoms with E-state index in [-0.39, 0.29) is 18.9 Å². The maximum absolute atomic E-state index is 13.3. The summed E-state index contributed by atoms with van der Waals surface area (Å²) in [7, 11) is 0. The molecule has 0 aromatic rings. The lowest BCUT2D eigenvalue weighted by Crippen LogP contribution is -2.65. The Bertz CT molecular complexity index is 1780. The normalized spacial score (nSPS) is 24.3. The minimum atomic E-state index is -1.80. The third-order valence-corrected chi connectivity index (χ3v) is 15.7. The summed E-state index contributed by atoms with van der Waals surface area (Å²) >= 11 is 0. The van der Waals surface area contributed by atoms with Gasteiger partial charge in [-0.05, 0) is 89.9 Å².